The van der Waals surface area contributed by atoms with E-state index >= 15 is 0 Å². The number of nitrogens with one attached hydrogen (secondary N) is 1. The van der Waals surface area contributed by atoms with Gasteiger partial charge in [0, 0.05) is 23.9 Å². The molecule has 0 aromatic heterocycles. The van der Waals surface area contributed by atoms with Crippen molar-refractivity contribution in [1.29, 1.82) is 0 Å². The van der Waals surface area contributed by atoms with Crippen molar-refractivity contribution in [2.75, 3.05) is 19.5 Å². The highest BCUT2D eigenvalue weighted by molar-refractivity contribution is 9.10. The molecule has 0 heterocycles. The smallest absolute Gasteiger partial charge is 0.326 e. The maximum absolute atomic E-state index is 12.0. The quantitative estimate of drug-likeness (QED) is 0.515. The van der Waals surface area contributed by atoms with Crippen molar-refractivity contribution in [2.45, 2.75) is 18.9 Å². The normalized spacial score (nSPS) is 11.9. The van der Waals surface area contributed by atoms with Crippen LogP contribution in [0.25, 0.3) is 0 Å². The van der Waals surface area contributed by atoms with E-state index in [4.69, 9.17) is 15.6 Å². The summed E-state index contributed by atoms with van der Waals surface area (Å²) >= 11 is 3.24. The van der Waals surface area contributed by atoms with Gasteiger partial charge >= 0.3 is 5.97 Å². The zero-order valence-corrected chi connectivity index (χ0v) is 12.6. The van der Waals surface area contributed by atoms with E-state index in [0.29, 0.717) is 19.4 Å². The molecule has 0 saturated heterocycles. The molecule has 0 aliphatic heterocycles. The largest absolute Gasteiger partial charge is 0.480 e. The third kappa shape index (κ3) is 4.82. The van der Waals surface area contributed by atoms with Gasteiger partial charge in [-0.3, -0.25) is 4.79 Å². The number of anilines is 1. The number of carboxylic acids is 1. The highest BCUT2D eigenvalue weighted by Gasteiger charge is 2.21. The number of aliphatic carboxylic acids is 1. The Morgan fingerprint density at radius 2 is 2.20 bits per heavy atom. The number of amides is 1. The van der Waals surface area contributed by atoms with Crippen molar-refractivity contribution in [3.63, 3.8) is 0 Å². The molecule has 1 amide bonds. The minimum absolute atomic E-state index is 0.256. The fourth-order valence-corrected chi connectivity index (χ4v) is 2.04. The number of hydrogen-bond donors (Lipinski definition) is 3. The Kier molecular flexibility index (Phi) is 6.47. The summed E-state index contributed by atoms with van der Waals surface area (Å²) in [7, 11) is 1.54. The molecule has 4 N–H and O–H groups in total. The molecule has 0 bridgehead atoms. The number of halogens is 1. The Morgan fingerprint density at radius 1 is 1.50 bits per heavy atom. The molecule has 7 heteroatoms. The molecule has 0 aliphatic rings. The van der Waals surface area contributed by atoms with Crippen LogP contribution in [0.5, 0.6) is 0 Å². The number of ether oxygens (including phenoxy) is 1. The summed E-state index contributed by atoms with van der Waals surface area (Å²) in [5, 5.41) is 11.6. The molecule has 0 radical (unpaired) electrons. The SMILES string of the molecule is COCCCC(NC(=O)c1ccc(Br)cc1N)C(=O)O. The van der Waals surface area contributed by atoms with Crippen LogP contribution in [0.3, 0.4) is 0 Å². The summed E-state index contributed by atoms with van der Waals surface area (Å²) < 4.78 is 5.61. The third-order valence-electron chi connectivity index (χ3n) is 2.70. The lowest BCUT2D eigenvalue weighted by atomic mass is 10.1. The predicted molar refractivity (Wildman–Crippen MR) is 78.6 cm³/mol. The van der Waals surface area contributed by atoms with E-state index in [1.54, 1.807) is 18.2 Å². The lowest BCUT2D eigenvalue weighted by molar-refractivity contribution is -0.139. The number of benzene rings is 1. The van der Waals surface area contributed by atoms with Gasteiger partial charge in [-0.1, -0.05) is 15.9 Å². The molecule has 0 aliphatic carbocycles. The number of methoxy groups -OCH3 is 1. The van der Waals surface area contributed by atoms with Crippen molar-refractivity contribution in [3.8, 4) is 0 Å². The standard InChI is InChI=1S/C13H17BrN2O4/c1-20-6-2-3-11(13(18)19)16-12(17)9-5-4-8(14)7-10(9)15/h4-5,7,11H,2-3,6,15H2,1H3,(H,16,17)(H,18,19). The lowest BCUT2D eigenvalue weighted by Crippen LogP contribution is -2.41. The topological polar surface area (TPSA) is 102 Å². The Balaban J connectivity index is 2.72. The zero-order valence-electron chi connectivity index (χ0n) is 11.1. The van der Waals surface area contributed by atoms with E-state index in [9.17, 15) is 9.59 Å². The van der Waals surface area contributed by atoms with Crippen LogP contribution in [0.1, 0.15) is 23.2 Å². The molecule has 0 spiro atoms. The van der Waals surface area contributed by atoms with E-state index in [1.165, 1.54) is 7.11 Å². The van der Waals surface area contributed by atoms with Gasteiger partial charge in [0.05, 0.1) is 5.56 Å². The minimum atomic E-state index is -1.08. The van der Waals surface area contributed by atoms with Gasteiger partial charge in [0.25, 0.3) is 5.91 Å². The number of rotatable bonds is 7. The first kappa shape index (κ1) is 16.5. The molecule has 1 aromatic carbocycles. The highest BCUT2D eigenvalue weighted by atomic mass is 79.9. The van der Waals surface area contributed by atoms with Gasteiger partial charge in [-0.25, -0.2) is 4.79 Å². The van der Waals surface area contributed by atoms with Gasteiger partial charge in [-0.15, -0.1) is 0 Å². The molecule has 6 nitrogen and oxygen atoms in total. The number of carbonyl (C=O) groups excluding carboxylic acids is 1. The number of nitrogen functional groups attached to an aromatic ring is 1. The van der Waals surface area contributed by atoms with E-state index in [0.717, 1.165) is 4.47 Å². The molecular weight excluding hydrogens is 328 g/mol. The summed E-state index contributed by atoms with van der Waals surface area (Å²) in [6.07, 6.45) is 0.842. The molecule has 1 atom stereocenters. The number of carboxylic acid groups (broad SMARTS) is 1. The van der Waals surface area contributed by atoms with Crippen LogP contribution in [0.15, 0.2) is 22.7 Å². The van der Waals surface area contributed by atoms with E-state index in [1.807, 2.05) is 0 Å². The van der Waals surface area contributed by atoms with E-state index < -0.39 is 17.9 Å². The van der Waals surface area contributed by atoms with Crippen molar-refractivity contribution < 1.29 is 19.4 Å². The molecule has 1 aromatic rings. The lowest BCUT2D eigenvalue weighted by Gasteiger charge is -2.15. The van der Waals surface area contributed by atoms with Gasteiger partial charge in [0.2, 0.25) is 0 Å². The fraction of sp³-hybridized carbons (Fsp3) is 0.385. The van der Waals surface area contributed by atoms with Crippen molar-refractivity contribution >= 4 is 33.5 Å². The maximum Gasteiger partial charge on any atom is 0.326 e. The highest BCUT2D eigenvalue weighted by Crippen LogP contribution is 2.18. The van der Waals surface area contributed by atoms with Crippen LogP contribution in [0, 0.1) is 0 Å². The van der Waals surface area contributed by atoms with Crippen molar-refractivity contribution in [3.05, 3.63) is 28.2 Å². The Bertz CT molecular complexity index is 493. The first-order chi connectivity index (χ1) is 9.45. The van der Waals surface area contributed by atoms with Gasteiger partial charge in [0.15, 0.2) is 0 Å². The first-order valence-electron chi connectivity index (χ1n) is 6.03. The molecule has 0 saturated carbocycles. The Labute approximate surface area is 125 Å². The molecule has 0 fully saturated rings. The average Bonchev–Trinajstić information content (AvgIpc) is 2.37. The first-order valence-corrected chi connectivity index (χ1v) is 6.82. The fourth-order valence-electron chi connectivity index (χ4n) is 1.67. The van der Waals surface area contributed by atoms with Crippen LogP contribution < -0.4 is 11.1 Å². The summed E-state index contributed by atoms with van der Waals surface area (Å²) in [5.41, 5.74) is 6.28. The molecular formula is C13H17BrN2O4. The van der Waals surface area contributed by atoms with Gasteiger partial charge in [-0.05, 0) is 31.0 Å². The monoisotopic (exact) mass is 344 g/mol. The summed E-state index contributed by atoms with van der Waals surface area (Å²) in [6, 6.07) is 3.85. The second-order valence-electron chi connectivity index (χ2n) is 4.23. The van der Waals surface area contributed by atoms with Crippen LogP contribution in [0.2, 0.25) is 0 Å². The molecule has 1 unspecified atom stereocenters. The van der Waals surface area contributed by atoms with Crippen LogP contribution in [0.4, 0.5) is 5.69 Å². The summed E-state index contributed by atoms with van der Waals surface area (Å²) in [5.74, 6) is -1.58. The van der Waals surface area contributed by atoms with Crippen LogP contribution in [-0.4, -0.2) is 36.7 Å². The second kappa shape index (κ2) is 7.86. The van der Waals surface area contributed by atoms with Crippen LogP contribution >= 0.6 is 15.9 Å². The molecule has 20 heavy (non-hydrogen) atoms. The third-order valence-corrected chi connectivity index (χ3v) is 3.20. The zero-order chi connectivity index (χ0) is 15.1. The van der Waals surface area contributed by atoms with Gasteiger partial charge in [0.1, 0.15) is 6.04 Å². The van der Waals surface area contributed by atoms with Gasteiger partial charge < -0.3 is 20.9 Å². The van der Waals surface area contributed by atoms with E-state index in [2.05, 4.69) is 21.2 Å². The summed E-state index contributed by atoms with van der Waals surface area (Å²) in [6.45, 7) is 0.445. The number of hydrogen-bond acceptors (Lipinski definition) is 4. The van der Waals surface area contributed by atoms with Gasteiger partial charge in [-0.2, -0.15) is 0 Å². The maximum atomic E-state index is 12.0. The average molecular weight is 345 g/mol. The van der Waals surface area contributed by atoms with E-state index in [-0.39, 0.29) is 11.3 Å². The molecule has 1 rings (SSSR count). The van der Waals surface area contributed by atoms with Crippen molar-refractivity contribution in [2.24, 2.45) is 0 Å². The number of carbonyl (C=O) groups is 2. The predicted octanol–water partition coefficient (Wildman–Crippen LogP) is 1.64. The Hall–Kier alpha value is -1.60. The minimum Gasteiger partial charge on any atom is -0.480 e. The summed E-state index contributed by atoms with van der Waals surface area (Å²) in [4.78, 5) is 23.1. The van der Waals surface area contributed by atoms with Crippen LogP contribution in [-0.2, 0) is 9.53 Å². The molecule has 110 valence electrons. The second-order valence-corrected chi connectivity index (χ2v) is 5.15. The van der Waals surface area contributed by atoms with Crippen molar-refractivity contribution in [1.82, 2.24) is 5.32 Å². The number of nitrogens with two attached hydrogens (primary N) is 1. The Morgan fingerprint density at radius 3 is 2.75 bits per heavy atom.